The van der Waals surface area contributed by atoms with E-state index in [0.29, 0.717) is 30.5 Å². The Morgan fingerprint density at radius 3 is 2.83 bits per heavy atom. The van der Waals surface area contributed by atoms with E-state index in [9.17, 15) is 9.59 Å². The molecule has 0 radical (unpaired) electrons. The lowest BCUT2D eigenvalue weighted by atomic mass is 10.0. The molecule has 0 unspecified atom stereocenters. The van der Waals surface area contributed by atoms with Gasteiger partial charge in [-0.25, -0.2) is 4.98 Å². The molecular weight excluding hydrogens is 400 g/mol. The largest absolute Gasteiger partial charge is 0.490 e. The van der Waals surface area contributed by atoms with Crippen LogP contribution in [0.15, 0.2) is 36.7 Å². The van der Waals surface area contributed by atoms with Crippen LogP contribution in [0, 0.1) is 0 Å². The van der Waals surface area contributed by atoms with Crippen molar-refractivity contribution in [2.24, 2.45) is 0 Å². The Hall–Kier alpha value is -3.00. The summed E-state index contributed by atoms with van der Waals surface area (Å²) in [6, 6.07) is 7.89. The fourth-order valence-corrected chi connectivity index (χ4v) is 4.62. The Balaban J connectivity index is 1.46. The zero-order chi connectivity index (χ0) is 21.3. The van der Waals surface area contributed by atoms with Crippen molar-refractivity contribution in [3.05, 3.63) is 36.7 Å². The quantitative estimate of drug-likeness (QED) is 0.644. The number of nitrogens with one attached hydrogen (secondary N) is 1. The van der Waals surface area contributed by atoms with Crippen molar-refractivity contribution in [1.29, 1.82) is 0 Å². The predicted octanol–water partition coefficient (Wildman–Crippen LogP) is 4.10. The molecule has 3 heterocycles. The number of fused-ring (bicyclic) bond motifs is 1. The molecule has 1 N–H and O–H groups in total. The number of likely N-dealkylation sites (tertiary alicyclic amines) is 1. The van der Waals surface area contributed by atoms with Crippen LogP contribution >= 0.6 is 11.3 Å². The first-order valence-electron chi connectivity index (χ1n) is 9.89. The number of ether oxygens (including phenoxy) is 1. The molecule has 2 amide bonds. The molecule has 0 aliphatic carbocycles. The standard InChI is InChI=1S/C22H24N4O3S/c1-14(27)24-21-25-18-5-4-15(11-19(18)30-21)16-10-17(13-23-12-16)29-9-8-26-20(28)6-7-22(26,2)3/h4-5,10-13H,6-9H2,1-3H3,(H,24,25,27). The topological polar surface area (TPSA) is 84.4 Å². The van der Waals surface area contributed by atoms with Gasteiger partial charge in [-0.05, 0) is 44.0 Å². The molecule has 1 aromatic carbocycles. The molecule has 1 saturated heterocycles. The van der Waals surface area contributed by atoms with Crippen molar-refractivity contribution in [1.82, 2.24) is 14.9 Å². The van der Waals surface area contributed by atoms with Gasteiger partial charge in [0.2, 0.25) is 11.8 Å². The molecule has 2 aromatic heterocycles. The highest BCUT2D eigenvalue weighted by Gasteiger charge is 2.37. The number of pyridine rings is 1. The minimum atomic E-state index is -0.137. The third-order valence-electron chi connectivity index (χ3n) is 5.28. The third-order valence-corrected chi connectivity index (χ3v) is 6.22. The lowest BCUT2D eigenvalue weighted by Crippen LogP contribution is -2.43. The number of carbonyl (C=O) groups is 2. The second-order valence-corrected chi connectivity index (χ2v) is 9.03. The van der Waals surface area contributed by atoms with Crippen LogP contribution in [-0.2, 0) is 9.59 Å². The van der Waals surface area contributed by atoms with Crippen molar-refractivity contribution >= 4 is 38.5 Å². The maximum Gasteiger partial charge on any atom is 0.223 e. The van der Waals surface area contributed by atoms with Gasteiger partial charge in [-0.2, -0.15) is 0 Å². The van der Waals surface area contributed by atoms with Crippen molar-refractivity contribution in [2.75, 3.05) is 18.5 Å². The lowest BCUT2D eigenvalue weighted by molar-refractivity contribution is -0.131. The lowest BCUT2D eigenvalue weighted by Gasteiger charge is -2.31. The first-order valence-corrected chi connectivity index (χ1v) is 10.7. The molecule has 7 nitrogen and oxygen atoms in total. The molecule has 1 fully saturated rings. The Morgan fingerprint density at radius 2 is 2.10 bits per heavy atom. The number of amides is 2. The van der Waals surface area contributed by atoms with E-state index in [1.54, 1.807) is 12.4 Å². The summed E-state index contributed by atoms with van der Waals surface area (Å²) in [7, 11) is 0. The summed E-state index contributed by atoms with van der Waals surface area (Å²) in [4.78, 5) is 33.9. The van der Waals surface area contributed by atoms with E-state index in [1.165, 1.54) is 18.3 Å². The maximum absolute atomic E-state index is 12.1. The summed E-state index contributed by atoms with van der Waals surface area (Å²) >= 11 is 1.43. The first kappa shape index (κ1) is 20.3. The number of hydrogen-bond acceptors (Lipinski definition) is 6. The van der Waals surface area contributed by atoms with E-state index < -0.39 is 0 Å². The van der Waals surface area contributed by atoms with Gasteiger partial charge in [-0.3, -0.25) is 14.6 Å². The maximum atomic E-state index is 12.1. The second kappa shape index (κ2) is 8.02. The number of rotatable bonds is 6. The highest BCUT2D eigenvalue weighted by Crippen LogP contribution is 2.32. The molecule has 0 saturated carbocycles. The molecule has 1 aliphatic heterocycles. The fourth-order valence-electron chi connectivity index (χ4n) is 3.67. The van der Waals surface area contributed by atoms with E-state index in [2.05, 4.69) is 29.1 Å². The van der Waals surface area contributed by atoms with E-state index >= 15 is 0 Å². The summed E-state index contributed by atoms with van der Waals surface area (Å²) in [5.41, 5.74) is 2.65. The number of benzene rings is 1. The minimum absolute atomic E-state index is 0.110. The number of nitrogens with zero attached hydrogens (tertiary/aromatic N) is 3. The van der Waals surface area contributed by atoms with E-state index in [-0.39, 0.29) is 17.4 Å². The van der Waals surface area contributed by atoms with Crippen molar-refractivity contribution in [3.8, 4) is 16.9 Å². The average Bonchev–Trinajstić information content (AvgIpc) is 3.21. The van der Waals surface area contributed by atoms with Crippen LogP contribution in [-0.4, -0.2) is 45.4 Å². The number of aromatic nitrogens is 2. The highest BCUT2D eigenvalue weighted by atomic mass is 32.1. The molecule has 0 atom stereocenters. The predicted molar refractivity (Wildman–Crippen MR) is 118 cm³/mol. The summed E-state index contributed by atoms with van der Waals surface area (Å²) in [5, 5.41) is 3.31. The number of thiazole rings is 1. The molecule has 8 heteroatoms. The van der Waals surface area contributed by atoms with Gasteiger partial charge >= 0.3 is 0 Å². The van der Waals surface area contributed by atoms with Crippen LogP contribution in [0.4, 0.5) is 5.13 Å². The van der Waals surface area contributed by atoms with Crippen molar-refractivity contribution < 1.29 is 14.3 Å². The Kier molecular flexibility index (Phi) is 5.42. The zero-order valence-electron chi connectivity index (χ0n) is 17.3. The Labute approximate surface area is 179 Å². The summed E-state index contributed by atoms with van der Waals surface area (Å²) in [6.07, 6.45) is 4.96. The molecule has 1 aliphatic rings. The Bertz CT molecular complexity index is 1110. The fraction of sp³-hybridized carbons (Fsp3) is 0.364. The van der Waals surface area contributed by atoms with Gasteiger partial charge < -0.3 is 15.0 Å². The van der Waals surface area contributed by atoms with Gasteiger partial charge in [0, 0.05) is 30.6 Å². The molecule has 30 heavy (non-hydrogen) atoms. The van der Waals surface area contributed by atoms with Crippen molar-refractivity contribution in [3.63, 3.8) is 0 Å². The van der Waals surface area contributed by atoms with Gasteiger partial charge in [0.15, 0.2) is 5.13 Å². The highest BCUT2D eigenvalue weighted by molar-refractivity contribution is 7.22. The summed E-state index contributed by atoms with van der Waals surface area (Å²) in [5.74, 6) is 0.717. The number of hydrogen-bond donors (Lipinski definition) is 1. The van der Waals surface area contributed by atoms with Gasteiger partial charge in [0.05, 0.1) is 23.0 Å². The molecular formula is C22H24N4O3S. The van der Waals surface area contributed by atoms with Gasteiger partial charge in [-0.15, -0.1) is 0 Å². The van der Waals surface area contributed by atoms with Crippen LogP contribution in [0.5, 0.6) is 5.75 Å². The molecule has 0 bridgehead atoms. The number of carbonyl (C=O) groups excluding carboxylic acids is 2. The van der Waals surface area contributed by atoms with E-state index in [4.69, 9.17) is 4.74 Å². The molecule has 156 valence electrons. The van der Waals surface area contributed by atoms with Crippen molar-refractivity contribution in [2.45, 2.75) is 39.2 Å². The third kappa shape index (κ3) is 4.28. The normalized spacial score (nSPS) is 15.6. The summed E-state index contributed by atoms with van der Waals surface area (Å²) < 4.78 is 6.88. The van der Waals surface area contributed by atoms with Crippen LogP contribution < -0.4 is 10.1 Å². The Morgan fingerprint density at radius 1 is 1.27 bits per heavy atom. The molecule has 4 rings (SSSR count). The van der Waals surface area contributed by atoms with Crippen LogP contribution in [0.3, 0.4) is 0 Å². The summed E-state index contributed by atoms with van der Waals surface area (Å²) in [6.45, 7) is 6.64. The van der Waals surface area contributed by atoms with Crippen LogP contribution in [0.1, 0.15) is 33.6 Å². The van der Waals surface area contributed by atoms with E-state index in [0.717, 1.165) is 27.8 Å². The second-order valence-electron chi connectivity index (χ2n) is 8.00. The minimum Gasteiger partial charge on any atom is -0.490 e. The first-order chi connectivity index (χ1) is 14.3. The molecule has 0 spiro atoms. The number of anilines is 1. The van der Waals surface area contributed by atoms with Crippen LogP contribution in [0.2, 0.25) is 0 Å². The molecule has 3 aromatic rings. The van der Waals surface area contributed by atoms with Gasteiger partial charge in [0.25, 0.3) is 0 Å². The zero-order valence-corrected chi connectivity index (χ0v) is 18.1. The van der Waals surface area contributed by atoms with Gasteiger partial charge in [0.1, 0.15) is 12.4 Å². The van der Waals surface area contributed by atoms with Gasteiger partial charge in [-0.1, -0.05) is 17.4 Å². The average molecular weight is 425 g/mol. The SMILES string of the molecule is CC(=O)Nc1nc2ccc(-c3cncc(OCCN4C(=O)CCC4(C)C)c3)cc2s1. The van der Waals surface area contributed by atoms with Crippen LogP contribution in [0.25, 0.3) is 21.3 Å². The monoisotopic (exact) mass is 424 g/mol. The van der Waals surface area contributed by atoms with E-state index in [1.807, 2.05) is 29.2 Å². The smallest absolute Gasteiger partial charge is 0.223 e.